The maximum atomic E-state index is 13.5. The van der Waals surface area contributed by atoms with Crippen molar-refractivity contribution in [2.45, 2.75) is 77.2 Å². The number of urea groups is 1. The van der Waals surface area contributed by atoms with Crippen molar-refractivity contribution in [1.82, 2.24) is 20.1 Å². The molecule has 2 heterocycles. The highest BCUT2D eigenvalue weighted by atomic mass is 16.5. The smallest absolute Gasteiger partial charge is 0.317 e. The Hall–Kier alpha value is -2.83. The minimum absolute atomic E-state index is 0.00311. The topological polar surface area (TPSA) is 115 Å². The van der Waals surface area contributed by atoms with Crippen LogP contribution in [0.25, 0.3) is 0 Å². The van der Waals surface area contributed by atoms with Gasteiger partial charge in [0.15, 0.2) is 0 Å². The van der Waals surface area contributed by atoms with E-state index in [1.54, 1.807) is 29.8 Å². The largest absolute Gasteiger partial charge is 0.472 e. The van der Waals surface area contributed by atoms with Gasteiger partial charge in [-0.05, 0) is 52.5 Å². The van der Waals surface area contributed by atoms with Crippen LogP contribution < -0.4 is 10.1 Å². The number of likely N-dealkylation sites (N-methyl/N-ethyl adjacent to an activating group) is 1. The first-order valence-electron chi connectivity index (χ1n) is 12.4. The minimum Gasteiger partial charge on any atom is -0.472 e. The number of nitrogens with one attached hydrogen (secondary N) is 1. The van der Waals surface area contributed by atoms with Gasteiger partial charge in [0.05, 0.1) is 19.2 Å². The average molecular weight is 487 g/mol. The van der Waals surface area contributed by atoms with E-state index in [4.69, 9.17) is 4.74 Å². The molecule has 3 atom stereocenters. The van der Waals surface area contributed by atoms with Gasteiger partial charge in [0, 0.05) is 37.3 Å². The summed E-state index contributed by atoms with van der Waals surface area (Å²) in [6.45, 7) is 7.99. The Morgan fingerprint density at radius 2 is 2.06 bits per heavy atom. The summed E-state index contributed by atoms with van der Waals surface area (Å²) in [5.74, 6) is 5.67. The molecule has 1 saturated carbocycles. The van der Waals surface area contributed by atoms with E-state index in [1.165, 1.54) is 6.20 Å². The molecule has 2 aliphatic rings. The fraction of sp³-hybridized carbons (Fsp3) is 0.654. The first-order chi connectivity index (χ1) is 16.5. The zero-order valence-corrected chi connectivity index (χ0v) is 21.4. The van der Waals surface area contributed by atoms with Crippen molar-refractivity contribution in [1.29, 1.82) is 0 Å². The molecule has 3 rings (SSSR count). The molecule has 192 valence electrons. The van der Waals surface area contributed by atoms with Crippen LogP contribution in [0.1, 0.15) is 69.3 Å². The molecule has 0 spiro atoms. The van der Waals surface area contributed by atoms with Crippen LogP contribution in [0.4, 0.5) is 4.79 Å². The van der Waals surface area contributed by atoms with Crippen LogP contribution in [0.3, 0.4) is 0 Å². The maximum absolute atomic E-state index is 13.5. The van der Waals surface area contributed by atoms with E-state index in [9.17, 15) is 19.8 Å². The van der Waals surface area contributed by atoms with E-state index in [-0.39, 0.29) is 41.9 Å². The molecule has 1 aliphatic heterocycles. The summed E-state index contributed by atoms with van der Waals surface area (Å²) in [4.78, 5) is 33.6. The fourth-order valence-electron chi connectivity index (χ4n) is 4.37. The van der Waals surface area contributed by atoms with E-state index < -0.39 is 17.7 Å². The number of hydrogen-bond donors (Lipinski definition) is 3. The molecule has 0 radical (unpaired) electrons. The highest BCUT2D eigenvalue weighted by Crippen LogP contribution is 2.30. The Balaban J connectivity index is 1.93. The second-order valence-electron chi connectivity index (χ2n) is 10.2. The SMILES string of the molecule is CC(C)NC(=O)N(C)C[C@H]1Oc2ncc(C#CC3(O)CCCC3)cc2C(=O)N([C@@H](C)CO)C[C@H]1C. The van der Waals surface area contributed by atoms with Crippen molar-refractivity contribution in [2.75, 3.05) is 26.7 Å². The number of aliphatic hydroxyl groups is 2. The van der Waals surface area contributed by atoms with Gasteiger partial charge in [-0.3, -0.25) is 4.79 Å². The van der Waals surface area contributed by atoms with Crippen LogP contribution in [0.5, 0.6) is 5.88 Å². The molecule has 3 amide bonds. The first-order valence-corrected chi connectivity index (χ1v) is 12.4. The predicted molar refractivity (Wildman–Crippen MR) is 132 cm³/mol. The summed E-state index contributed by atoms with van der Waals surface area (Å²) < 4.78 is 6.22. The van der Waals surface area contributed by atoms with E-state index >= 15 is 0 Å². The molecule has 1 fully saturated rings. The van der Waals surface area contributed by atoms with Gasteiger partial charge in [0.2, 0.25) is 5.88 Å². The van der Waals surface area contributed by atoms with Gasteiger partial charge >= 0.3 is 6.03 Å². The first kappa shape index (κ1) is 26.8. The minimum atomic E-state index is -0.996. The number of carbonyl (C=O) groups is 2. The van der Waals surface area contributed by atoms with Gasteiger partial charge in [0.1, 0.15) is 17.3 Å². The zero-order chi connectivity index (χ0) is 25.8. The molecule has 1 aromatic rings. The summed E-state index contributed by atoms with van der Waals surface area (Å²) in [6.07, 6.45) is 4.27. The van der Waals surface area contributed by atoms with Crippen molar-refractivity contribution >= 4 is 11.9 Å². The zero-order valence-electron chi connectivity index (χ0n) is 21.4. The summed E-state index contributed by atoms with van der Waals surface area (Å²) in [5, 5.41) is 23.2. The number of aliphatic hydroxyl groups excluding tert-OH is 1. The number of pyridine rings is 1. The van der Waals surface area contributed by atoms with Crippen molar-refractivity contribution < 1.29 is 24.5 Å². The molecular formula is C26H38N4O5. The summed E-state index contributed by atoms with van der Waals surface area (Å²) >= 11 is 0. The molecular weight excluding hydrogens is 448 g/mol. The molecule has 0 bridgehead atoms. The van der Waals surface area contributed by atoms with Gasteiger partial charge < -0.3 is 30.1 Å². The lowest BCUT2D eigenvalue weighted by atomic mass is 9.99. The highest BCUT2D eigenvalue weighted by molar-refractivity contribution is 5.97. The Morgan fingerprint density at radius 1 is 1.37 bits per heavy atom. The molecule has 3 N–H and O–H groups in total. The third kappa shape index (κ3) is 6.65. The standard InChI is InChI=1S/C26H38N4O5/c1-17(2)28-25(33)29(5)15-22-18(3)14-30(19(4)16-31)24(32)21-12-20(13-27-23(21)35-22)8-11-26(34)9-6-7-10-26/h12-13,17-19,22,31,34H,6-7,9-10,14-16H2,1-5H3,(H,28,33)/t18-,19+,22-/m1/s1. The maximum Gasteiger partial charge on any atom is 0.317 e. The Kier molecular flexibility index (Phi) is 8.62. The van der Waals surface area contributed by atoms with Crippen molar-refractivity contribution in [3.8, 4) is 17.7 Å². The van der Waals surface area contributed by atoms with E-state index in [1.807, 2.05) is 20.8 Å². The number of aromatic nitrogens is 1. The molecule has 9 heteroatoms. The van der Waals surface area contributed by atoms with Crippen LogP contribution in [-0.2, 0) is 0 Å². The second-order valence-corrected chi connectivity index (χ2v) is 10.2. The Labute approximate surface area is 207 Å². The van der Waals surface area contributed by atoms with Gasteiger partial charge in [-0.2, -0.15) is 0 Å². The van der Waals surface area contributed by atoms with Gasteiger partial charge in [-0.1, -0.05) is 18.8 Å². The van der Waals surface area contributed by atoms with Crippen LogP contribution in [-0.4, -0.2) is 87.5 Å². The average Bonchev–Trinajstić information content (AvgIpc) is 3.25. The lowest BCUT2D eigenvalue weighted by molar-refractivity contribution is 0.0351. The van der Waals surface area contributed by atoms with Crippen molar-refractivity contribution in [2.24, 2.45) is 5.92 Å². The van der Waals surface area contributed by atoms with Crippen LogP contribution in [0, 0.1) is 17.8 Å². The van der Waals surface area contributed by atoms with Crippen molar-refractivity contribution in [3.05, 3.63) is 23.4 Å². The van der Waals surface area contributed by atoms with E-state index in [2.05, 4.69) is 22.1 Å². The number of carbonyl (C=O) groups excluding carboxylic acids is 2. The van der Waals surface area contributed by atoms with Crippen LogP contribution in [0.2, 0.25) is 0 Å². The summed E-state index contributed by atoms with van der Waals surface area (Å²) in [6, 6.07) is 1.02. The number of hydrogen-bond acceptors (Lipinski definition) is 6. The molecule has 0 aromatic carbocycles. The normalized spacial score (nSPS) is 22.3. The number of ether oxygens (including phenoxy) is 1. The van der Waals surface area contributed by atoms with Crippen LogP contribution >= 0.6 is 0 Å². The number of nitrogens with zero attached hydrogens (tertiary/aromatic N) is 3. The monoisotopic (exact) mass is 486 g/mol. The van der Waals surface area contributed by atoms with Gasteiger partial charge in [-0.15, -0.1) is 0 Å². The van der Waals surface area contributed by atoms with Gasteiger partial charge in [-0.25, -0.2) is 9.78 Å². The van der Waals surface area contributed by atoms with Crippen molar-refractivity contribution in [3.63, 3.8) is 0 Å². The molecule has 35 heavy (non-hydrogen) atoms. The molecule has 9 nitrogen and oxygen atoms in total. The number of rotatable bonds is 5. The van der Waals surface area contributed by atoms with Crippen LogP contribution in [0.15, 0.2) is 12.3 Å². The molecule has 0 unspecified atom stereocenters. The second kappa shape index (κ2) is 11.3. The summed E-state index contributed by atoms with van der Waals surface area (Å²) in [7, 11) is 1.70. The van der Waals surface area contributed by atoms with Gasteiger partial charge in [0.25, 0.3) is 5.91 Å². The fourth-order valence-corrected chi connectivity index (χ4v) is 4.37. The number of fused-ring (bicyclic) bond motifs is 1. The molecule has 1 aliphatic carbocycles. The number of amides is 3. The summed E-state index contributed by atoms with van der Waals surface area (Å²) in [5.41, 5.74) is -0.234. The lowest BCUT2D eigenvalue weighted by Gasteiger charge is -2.37. The predicted octanol–water partition coefficient (Wildman–Crippen LogP) is 2.01. The molecule has 1 aromatic heterocycles. The third-order valence-electron chi connectivity index (χ3n) is 6.60. The molecule has 0 saturated heterocycles. The van der Waals surface area contributed by atoms with E-state index in [0.29, 0.717) is 31.5 Å². The van der Waals surface area contributed by atoms with E-state index in [0.717, 1.165) is 12.8 Å². The lowest BCUT2D eigenvalue weighted by Crippen LogP contribution is -2.51. The quantitative estimate of drug-likeness (QED) is 0.549. The Bertz CT molecular complexity index is 980. The third-order valence-corrected chi connectivity index (χ3v) is 6.60. The Morgan fingerprint density at radius 3 is 2.69 bits per heavy atom. The highest BCUT2D eigenvalue weighted by Gasteiger charge is 2.35.